The maximum absolute atomic E-state index is 10.9. The van der Waals surface area contributed by atoms with Crippen LogP contribution in [0.1, 0.15) is 0 Å². The molecule has 0 aliphatic heterocycles. The molecule has 0 saturated heterocycles. The molecule has 0 aromatic rings. The van der Waals surface area contributed by atoms with Gasteiger partial charge in [-0.2, -0.15) is 0 Å². The Morgan fingerprint density at radius 3 is 2.55 bits per heavy atom. The number of carbonyl (C=O) groups is 1. The van der Waals surface area contributed by atoms with Crippen molar-refractivity contribution in [3.63, 3.8) is 0 Å². The monoisotopic (exact) mass is 156 g/mol. The number of carbonyl (C=O) groups excluding carboxylic acids is 1. The first-order valence-electron chi connectivity index (χ1n) is 3.15. The average Bonchev–Trinajstić information content (AvgIpc) is 2.03. The van der Waals surface area contributed by atoms with Gasteiger partial charge < -0.3 is 9.47 Å². The van der Waals surface area contributed by atoms with Crippen LogP contribution in [-0.4, -0.2) is 26.8 Å². The quantitative estimate of drug-likeness (QED) is 0.345. The summed E-state index contributed by atoms with van der Waals surface area (Å²) in [6, 6.07) is 0. The number of hydrogen-bond donors (Lipinski definition) is 0. The summed E-state index contributed by atoms with van der Waals surface area (Å²) in [6.07, 6.45) is 3.08. The van der Waals surface area contributed by atoms with E-state index in [4.69, 9.17) is 4.74 Å². The van der Waals surface area contributed by atoms with Crippen LogP contribution in [0.2, 0.25) is 0 Å². The molecule has 0 rings (SSSR count). The summed E-state index contributed by atoms with van der Waals surface area (Å²) < 4.78 is 9.25. The highest BCUT2D eigenvalue weighted by atomic mass is 16.5. The normalized spacial score (nSPS) is 10.9. The van der Waals surface area contributed by atoms with Gasteiger partial charge in [-0.3, -0.25) is 0 Å². The van der Waals surface area contributed by atoms with E-state index in [2.05, 4.69) is 11.3 Å². The minimum absolute atomic E-state index is 0.249. The fourth-order valence-corrected chi connectivity index (χ4v) is 0.604. The van der Waals surface area contributed by atoms with Crippen LogP contribution in [0.5, 0.6) is 0 Å². The predicted octanol–water partition coefficient (Wildman–Crippen LogP) is 0.918. The van der Waals surface area contributed by atoms with Crippen LogP contribution in [0, 0.1) is 0 Å². The van der Waals surface area contributed by atoms with Gasteiger partial charge in [0.2, 0.25) is 0 Å². The Labute approximate surface area is 66.3 Å². The van der Waals surface area contributed by atoms with Crippen molar-refractivity contribution >= 4 is 5.97 Å². The molecule has 0 heterocycles. The second-order valence-corrected chi connectivity index (χ2v) is 1.85. The largest absolute Gasteiger partial charge is 0.466 e. The molecule has 0 fully saturated rings. The highest BCUT2D eigenvalue weighted by Crippen LogP contribution is 1.97. The summed E-state index contributed by atoms with van der Waals surface area (Å²) in [4.78, 5) is 10.9. The molecule has 0 N–H and O–H groups in total. The molecule has 0 bridgehead atoms. The van der Waals surface area contributed by atoms with Crippen LogP contribution in [-0.2, 0) is 14.3 Å². The first kappa shape index (κ1) is 9.91. The van der Waals surface area contributed by atoms with Gasteiger partial charge in [0.05, 0.1) is 19.3 Å². The minimum atomic E-state index is -0.383. The second-order valence-electron chi connectivity index (χ2n) is 1.85. The molecule has 0 radical (unpaired) electrons. The molecule has 0 unspecified atom stereocenters. The zero-order chi connectivity index (χ0) is 8.69. The molecule has 0 aliphatic carbocycles. The van der Waals surface area contributed by atoms with Crippen LogP contribution >= 0.6 is 0 Å². The van der Waals surface area contributed by atoms with Gasteiger partial charge in [0, 0.05) is 7.11 Å². The predicted molar refractivity (Wildman–Crippen MR) is 42.2 cm³/mol. The molecule has 0 saturated carbocycles. The Morgan fingerprint density at radius 1 is 1.55 bits per heavy atom. The van der Waals surface area contributed by atoms with Crippen molar-refractivity contribution in [2.45, 2.75) is 0 Å². The Kier molecular flexibility index (Phi) is 5.11. The van der Waals surface area contributed by atoms with E-state index < -0.39 is 0 Å². The van der Waals surface area contributed by atoms with Crippen molar-refractivity contribution in [3.05, 3.63) is 24.3 Å². The lowest BCUT2D eigenvalue weighted by molar-refractivity contribution is -0.136. The Morgan fingerprint density at radius 2 is 2.18 bits per heavy atom. The van der Waals surface area contributed by atoms with Gasteiger partial charge in [-0.15, -0.1) is 0 Å². The highest BCUT2D eigenvalue weighted by Gasteiger charge is 2.06. The fourth-order valence-electron chi connectivity index (χ4n) is 0.604. The van der Waals surface area contributed by atoms with Gasteiger partial charge in [-0.05, 0) is 0 Å². The van der Waals surface area contributed by atoms with E-state index in [1.807, 2.05) is 0 Å². The first-order chi connectivity index (χ1) is 5.26. The molecule has 3 heteroatoms. The molecule has 0 aromatic heterocycles. The summed E-state index contributed by atoms with van der Waals surface area (Å²) in [5.41, 5.74) is 0.463. The average molecular weight is 156 g/mol. The van der Waals surface area contributed by atoms with E-state index in [1.165, 1.54) is 20.3 Å². The molecular weight excluding hydrogens is 144 g/mol. The van der Waals surface area contributed by atoms with Gasteiger partial charge in [-0.1, -0.05) is 18.7 Å². The standard InChI is InChI=1S/C8H12O3/c1-4-5-7(6-10-2)8(9)11-3/h4-5H,1,6H2,2-3H3. The molecule has 11 heavy (non-hydrogen) atoms. The maximum Gasteiger partial charge on any atom is 0.336 e. The third-order valence-electron chi connectivity index (χ3n) is 1.07. The van der Waals surface area contributed by atoms with Crippen LogP contribution < -0.4 is 0 Å². The highest BCUT2D eigenvalue weighted by molar-refractivity contribution is 5.88. The SMILES string of the molecule is C=CC=C(COC)C(=O)OC. The van der Waals surface area contributed by atoms with Crippen molar-refractivity contribution < 1.29 is 14.3 Å². The van der Waals surface area contributed by atoms with E-state index in [0.29, 0.717) is 5.57 Å². The summed E-state index contributed by atoms with van der Waals surface area (Å²) in [5.74, 6) is -0.383. The van der Waals surface area contributed by atoms with Crippen molar-refractivity contribution in [2.24, 2.45) is 0 Å². The van der Waals surface area contributed by atoms with Gasteiger partial charge in [0.1, 0.15) is 0 Å². The zero-order valence-corrected chi connectivity index (χ0v) is 6.79. The van der Waals surface area contributed by atoms with E-state index in [0.717, 1.165) is 0 Å². The lowest BCUT2D eigenvalue weighted by Crippen LogP contribution is -2.09. The Bertz CT molecular complexity index is 170. The van der Waals surface area contributed by atoms with Crippen molar-refractivity contribution in [1.82, 2.24) is 0 Å². The lowest BCUT2D eigenvalue weighted by atomic mass is 10.2. The molecule has 0 spiro atoms. The van der Waals surface area contributed by atoms with E-state index in [1.54, 1.807) is 6.08 Å². The molecule has 0 atom stereocenters. The van der Waals surface area contributed by atoms with Crippen LogP contribution in [0.25, 0.3) is 0 Å². The van der Waals surface area contributed by atoms with Gasteiger partial charge in [0.25, 0.3) is 0 Å². The van der Waals surface area contributed by atoms with E-state index >= 15 is 0 Å². The number of esters is 1. The smallest absolute Gasteiger partial charge is 0.336 e. The molecule has 62 valence electrons. The van der Waals surface area contributed by atoms with Gasteiger partial charge in [-0.25, -0.2) is 4.79 Å². The topological polar surface area (TPSA) is 35.5 Å². The van der Waals surface area contributed by atoms with Crippen LogP contribution in [0.15, 0.2) is 24.3 Å². The third kappa shape index (κ3) is 3.57. The number of rotatable bonds is 4. The Hall–Kier alpha value is -1.09. The molecule has 0 aliphatic rings. The van der Waals surface area contributed by atoms with E-state index in [9.17, 15) is 4.79 Å². The summed E-state index contributed by atoms with van der Waals surface area (Å²) in [5, 5.41) is 0. The molecule has 3 nitrogen and oxygen atoms in total. The number of ether oxygens (including phenoxy) is 2. The summed E-state index contributed by atoms with van der Waals surface area (Å²) >= 11 is 0. The van der Waals surface area contributed by atoms with Crippen LogP contribution in [0.4, 0.5) is 0 Å². The number of hydrogen-bond acceptors (Lipinski definition) is 3. The second kappa shape index (κ2) is 5.68. The summed E-state index contributed by atoms with van der Waals surface area (Å²) in [7, 11) is 2.84. The van der Waals surface area contributed by atoms with Crippen molar-refractivity contribution in [1.29, 1.82) is 0 Å². The summed E-state index contributed by atoms with van der Waals surface area (Å²) in [6.45, 7) is 3.71. The van der Waals surface area contributed by atoms with Gasteiger partial charge >= 0.3 is 5.97 Å². The molecular formula is C8H12O3. The zero-order valence-electron chi connectivity index (χ0n) is 6.79. The van der Waals surface area contributed by atoms with E-state index in [-0.39, 0.29) is 12.6 Å². The van der Waals surface area contributed by atoms with Crippen molar-refractivity contribution in [2.75, 3.05) is 20.8 Å². The minimum Gasteiger partial charge on any atom is -0.466 e. The Balaban J connectivity index is 4.20. The number of allylic oxidation sites excluding steroid dienone is 2. The van der Waals surface area contributed by atoms with Gasteiger partial charge in [0.15, 0.2) is 0 Å². The first-order valence-corrected chi connectivity index (χ1v) is 3.15. The molecule has 0 amide bonds. The van der Waals surface area contributed by atoms with Crippen LogP contribution in [0.3, 0.4) is 0 Å². The maximum atomic E-state index is 10.9. The molecule has 0 aromatic carbocycles. The third-order valence-corrected chi connectivity index (χ3v) is 1.07. The fraction of sp³-hybridized carbons (Fsp3) is 0.375. The van der Waals surface area contributed by atoms with Crippen molar-refractivity contribution in [3.8, 4) is 0 Å². The number of methoxy groups -OCH3 is 2. The lowest BCUT2D eigenvalue weighted by Gasteiger charge is -2.01.